The minimum absolute atomic E-state index is 0. The van der Waals surface area contributed by atoms with Crippen molar-refractivity contribution in [1.82, 2.24) is 0 Å². The first-order valence-corrected chi connectivity index (χ1v) is 3.41. The van der Waals surface area contributed by atoms with Crippen LogP contribution < -0.4 is 28.9 Å². The van der Waals surface area contributed by atoms with E-state index >= 15 is 0 Å². The van der Waals surface area contributed by atoms with Crippen molar-refractivity contribution in [3.63, 3.8) is 0 Å². The Kier molecular flexibility index (Phi) is 4.89. The van der Waals surface area contributed by atoms with Crippen LogP contribution in [0.2, 0.25) is 0 Å². The van der Waals surface area contributed by atoms with Crippen molar-refractivity contribution in [1.29, 1.82) is 0 Å². The zero-order valence-corrected chi connectivity index (χ0v) is 9.02. The molecule has 0 radical (unpaired) electrons. The molecule has 0 saturated heterocycles. The van der Waals surface area contributed by atoms with Gasteiger partial charge in [-0.05, 0) is 6.42 Å². The zero-order valence-electron chi connectivity index (χ0n) is 6.46. The molecule has 1 atom stereocenters. The van der Waals surface area contributed by atoms with Crippen LogP contribution in [-0.2, 0) is 0 Å². The maximum atomic E-state index is 4.14. The van der Waals surface area contributed by atoms with Gasteiger partial charge in [0.2, 0.25) is 29.8 Å². The number of halogens is 1. The Morgan fingerprint density at radius 1 is 1.60 bits per heavy atom. The lowest BCUT2D eigenvalue weighted by atomic mass is 10.4. The van der Waals surface area contributed by atoms with Crippen LogP contribution in [0.4, 0.5) is 0 Å². The molecule has 0 aromatic heterocycles. The summed E-state index contributed by atoms with van der Waals surface area (Å²) in [6.07, 6.45) is 5.19. The van der Waals surface area contributed by atoms with Gasteiger partial charge in [0.15, 0.2) is 0 Å². The number of rotatable bonds is 2. The van der Waals surface area contributed by atoms with E-state index in [1.54, 1.807) is 0 Å². The van der Waals surface area contributed by atoms with Gasteiger partial charge in [-0.25, -0.2) is 4.99 Å². The van der Waals surface area contributed by atoms with Gasteiger partial charge in [-0.3, -0.25) is 4.90 Å². The van der Waals surface area contributed by atoms with Crippen LogP contribution in [-0.4, -0.2) is 12.4 Å². The van der Waals surface area contributed by atoms with E-state index < -0.39 is 0 Å². The average Bonchev–Trinajstić information content (AvgIpc) is 2.18. The van der Waals surface area contributed by atoms with Gasteiger partial charge < -0.3 is 0 Å². The Bertz CT molecular complexity index is 152. The summed E-state index contributed by atoms with van der Waals surface area (Å²) in [7, 11) is 0. The molecule has 0 fully saturated rings. The molecule has 0 amide bonds. The first kappa shape index (κ1) is 10.1. The molecule has 1 aliphatic rings. The highest BCUT2D eigenvalue weighted by Gasteiger charge is 2.10. The zero-order chi connectivity index (χ0) is 6.69. The van der Waals surface area contributed by atoms with Gasteiger partial charge in [0, 0.05) is 6.92 Å². The first-order valence-electron chi connectivity index (χ1n) is 3.41. The van der Waals surface area contributed by atoms with E-state index in [-0.39, 0.29) is 24.0 Å². The van der Waals surface area contributed by atoms with Crippen LogP contribution in [0.3, 0.4) is 0 Å². The third kappa shape index (κ3) is 2.38. The third-order valence-corrected chi connectivity index (χ3v) is 1.53. The number of hydrogen-bond acceptors (Lipinski definition) is 1. The Hall–Kier alpha value is 0.100. The highest BCUT2D eigenvalue weighted by Crippen LogP contribution is 1.79. The molecule has 1 heterocycles. The number of aliphatic imine (C=N–C) groups is 1. The van der Waals surface area contributed by atoms with E-state index in [2.05, 4.69) is 25.0 Å². The molecule has 1 aliphatic heterocycles. The minimum atomic E-state index is 0. The fraction of sp³-hybridized carbons (Fsp3) is 0.571. The number of hydrogen-bond donors (Lipinski definition) is 1. The van der Waals surface area contributed by atoms with Gasteiger partial charge in [0.25, 0.3) is 0 Å². The molecular formula is C7H15IN2+2. The lowest BCUT2D eigenvalue weighted by molar-refractivity contribution is -0.744. The molecule has 1 N–H and O–H groups in total. The molecule has 0 aromatic rings. The second-order valence-electron chi connectivity index (χ2n) is 2.31. The monoisotopic (exact) mass is 254 g/mol. The molecule has 10 heavy (non-hydrogen) atoms. The number of nitrogens with zero attached hydrogens (tertiary/aromatic N) is 1. The summed E-state index contributed by atoms with van der Waals surface area (Å²) in [5, 5.41) is 0. The second-order valence-corrected chi connectivity index (χ2v) is 2.31. The average molecular weight is 254 g/mol. The van der Waals surface area contributed by atoms with E-state index in [4.69, 9.17) is 0 Å². The van der Waals surface area contributed by atoms with E-state index in [1.165, 1.54) is 23.7 Å². The summed E-state index contributed by atoms with van der Waals surface area (Å²) in [4.78, 5) is 5.54. The Balaban J connectivity index is 0.000000810. The Labute approximate surface area is 79.0 Å². The molecule has 1 unspecified atom stereocenters. The van der Waals surface area contributed by atoms with Crippen molar-refractivity contribution in [3.05, 3.63) is 12.4 Å². The lowest BCUT2D eigenvalue weighted by Crippen LogP contribution is -3.08. The number of amidine groups is 1. The topological polar surface area (TPSA) is 16.8 Å². The molecule has 0 aliphatic carbocycles. The predicted molar refractivity (Wildman–Crippen MR) is 41.2 cm³/mol. The molecule has 2 nitrogen and oxygen atoms in total. The van der Waals surface area contributed by atoms with Gasteiger partial charge in [0.05, 0.1) is 12.7 Å². The van der Waals surface area contributed by atoms with Crippen molar-refractivity contribution in [2.75, 3.05) is 6.54 Å². The molecule has 1 rings (SSSR count). The van der Waals surface area contributed by atoms with Gasteiger partial charge in [0.1, 0.15) is 6.20 Å². The van der Waals surface area contributed by atoms with Crippen molar-refractivity contribution in [2.24, 2.45) is 4.99 Å². The quantitative estimate of drug-likeness (QED) is 0.496. The van der Waals surface area contributed by atoms with Crippen molar-refractivity contribution < 1.29 is 28.9 Å². The summed E-state index contributed by atoms with van der Waals surface area (Å²) < 4.78 is 0. The van der Waals surface area contributed by atoms with Gasteiger partial charge in [-0.15, -0.1) is 0 Å². The molecule has 0 spiro atoms. The van der Waals surface area contributed by atoms with Gasteiger partial charge in [-0.1, -0.05) is 6.92 Å². The molecular weight excluding hydrogens is 239 g/mol. The van der Waals surface area contributed by atoms with E-state index in [0.29, 0.717) is 0 Å². The lowest BCUT2D eigenvalue weighted by Gasteiger charge is -2.06. The van der Waals surface area contributed by atoms with E-state index in [1.807, 2.05) is 6.20 Å². The second kappa shape index (κ2) is 4.85. The molecule has 3 heteroatoms. The van der Waals surface area contributed by atoms with E-state index in [9.17, 15) is 0 Å². The van der Waals surface area contributed by atoms with Crippen LogP contribution >= 0.6 is 0 Å². The van der Waals surface area contributed by atoms with Gasteiger partial charge in [-0.2, -0.15) is 0 Å². The SMILES string of the molecule is CCC[NH+]1C=CN=C1C.[IH2+]. The minimum Gasteiger partial charge on any atom is -0.263 e. The highest BCUT2D eigenvalue weighted by atomic mass is 127. The fourth-order valence-corrected chi connectivity index (χ4v) is 0.976. The summed E-state index contributed by atoms with van der Waals surface area (Å²) >= 11 is 0. The number of nitrogens with one attached hydrogen (secondary N) is 1. The van der Waals surface area contributed by atoms with Crippen LogP contribution in [0, 0.1) is 0 Å². The van der Waals surface area contributed by atoms with Crippen LogP contribution in [0.5, 0.6) is 0 Å². The van der Waals surface area contributed by atoms with Crippen molar-refractivity contribution in [2.45, 2.75) is 20.3 Å². The van der Waals surface area contributed by atoms with Gasteiger partial charge >= 0.3 is 0 Å². The predicted octanol–water partition coefficient (Wildman–Crippen LogP) is -3.35. The summed E-state index contributed by atoms with van der Waals surface area (Å²) in [5.41, 5.74) is 0. The molecule has 0 saturated carbocycles. The number of quaternary nitrogens is 1. The van der Waals surface area contributed by atoms with Crippen molar-refractivity contribution >= 4 is 5.84 Å². The molecule has 0 bridgehead atoms. The molecule has 0 aromatic carbocycles. The first-order chi connectivity index (χ1) is 4.34. The summed E-state index contributed by atoms with van der Waals surface area (Å²) in [5.74, 6) is 1.19. The normalized spacial score (nSPS) is 22.2. The Morgan fingerprint density at radius 3 is 2.70 bits per heavy atom. The van der Waals surface area contributed by atoms with Crippen LogP contribution in [0.25, 0.3) is 0 Å². The van der Waals surface area contributed by atoms with Crippen LogP contribution in [0.1, 0.15) is 20.3 Å². The summed E-state index contributed by atoms with van der Waals surface area (Å²) in [6.45, 7) is 5.42. The largest absolute Gasteiger partial charge is 0.263 e. The third-order valence-electron chi connectivity index (χ3n) is 1.53. The fourth-order valence-electron chi connectivity index (χ4n) is 0.976. The standard InChI is InChI=1S/C7H12N2.H2I/c1-3-5-9-6-4-8-7(9)2;/h4,6H,3,5H2,1-2H3;1H2/q;+1/p+1. The van der Waals surface area contributed by atoms with Crippen LogP contribution in [0.15, 0.2) is 17.4 Å². The molecule has 58 valence electrons. The smallest absolute Gasteiger partial charge is 0.235 e. The Morgan fingerprint density at radius 2 is 2.30 bits per heavy atom. The van der Waals surface area contributed by atoms with Crippen molar-refractivity contribution in [3.8, 4) is 0 Å². The maximum absolute atomic E-state index is 4.14. The van der Waals surface area contributed by atoms with E-state index in [0.717, 1.165) is 0 Å². The summed E-state index contributed by atoms with van der Waals surface area (Å²) in [6, 6.07) is 0. The highest BCUT2D eigenvalue weighted by molar-refractivity contribution is 5.72. The maximum Gasteiger partial charge on any atom is 0.235 e.